The van der Waals surface area contributed by atoms with Crippen LogP contribution < -0.4 is 5.56 Å². The molecule has 0 atom stereocenters. The Morgan fingerprint density at radius 3 is 2.55 bits per heavy atom. The molecule has 3 nitrogen and oxygen atoms in total. The molecule has 0 aromatic carbocycles. The van der Waals surface area contributed by atoms with Crippen molar-refractivity contribution in [3.8, 4) is 0 Å². The molecule has 0 aliphatic carbocycles. The third-order valence-corrected chi connectivity index (χ3v) is 1.71. The smallest absolute Gasteiger partial charge is 0.250 e. The normalized spacial score (nSPS) is 9.64. The summed E-state index contributed by atoms with van der Waals surface area (Å²) in [5.74, 6) is 0. The summed E-state index contributed by atoms with van der Waals surface area (Å²) in [6.45, 7) is 0. The van der Waals surface area contributed by atoms with Crippen LogP contribution in [-0.2, 0) is 0 Å². The van der Waals surface area contributed by atoms with Gasteiger partial charge in [0, 0.05) is 6.07 Å². The zero-order chi connectivity index (χ0) is 8.43. The van der Waals surface area contributed by atoms with Crippen molar-refractivity contribution in [2.45, 2.75) is 0 Å². The number of nitrogens with one attached hydrogen (secondary N) is 1. The van der Waals surface area contributed by atoms with Crippen molar-refractivity contribution in [2.75, 3.05) is 0 Å². The summed E-state index contributed by atoms with van der Waals surface area (Å²) in [6.07, 6.45) is 0.487. The van der Waals surface area contributed by atoms with Crippen molar-refractivity contribution in [3.63, 3.8) is 0 Å². The molecule has 0 unspecified atom stereocenters. The van der Waals surface area contributed by atoms with Gasteiger partial charge in [-0.15, -0.1) is 0 Å². The number of carbonyl (C=O) groups is 1. The number of rotatable bonds is 1. The molecule has 0 radical (unpaired) electrons. The third kappa shape index (κ3) is 1.61. The summed E-state index contributed by atoms with van der Waals surface area (Å²) >= 11 is 11.0. The second-order valence-electron chi connectivity index (χ2n) is 1.83. The maximum Gasteiger partial charge on any atom is 0.250 e. The number of aromatic nitrogens is 1. The number of hydrogen-bond donors (Lipinski definition) is 1. The minimum absolute atomic E-state index is 0.0301. The maximum absolute atomic E-state index is 10.6. The Kier molecular flexibility index (Phi) is 2.31. The molecule has 11 heavy (non-hydrogen) atoms. The Bertz CT molecular complexity index is 319. The van der Waals surface area contributed by atoms with E-state index in [2.05, 4.69) is 4.98 Å². The first-order chi connectivity index (χ1) is 5.15. The molecule has 0 amide bonds. The van der Waals surface area contributed by atoms with E-state index < -0.39 is 5.56 Å². The van der Waals surface area contributed by atoms with E-state index in [1.807, 2.05) is 0 Å². The van der Waals surface area contributed by atoms with E-state index in [4.69, 9.17) is 23.2 Å². The zero-order valence-corrected chi connectivity index (χ0v) is 6.74. The van der Waals surface area contributed by atoms with E-state index in [1.54, 1.807) is 0 Å². The Balaban J connectivity index is 3.48. The number of carbonyl (C=O) groups excluding carboxylic acids is 1. The van der Waals surface area contributed by atoms with Gasteiger partial charge in [0.15, 0.2) is 6.29 Å². The predicted octanol–water partition coefficient (Wildman–Crippen LogP) is 1.49. The lowest BCUT2D eigenvalue weighted by atomic mass is 10.3. The van der Waals surface area contributed by atoms with Gasteiger partial charge in [0.1, 0.15) is 5.15 Å². The van der Waals surface area contributed by atoms with Gasteiger partial charge in [0.25, 0.3) is 5.56 Å². The molecule has 1 rings (SSSR count). The van der Waals surface area contributed by atoms with Crippen LogP contribution >= 0.6 is 23.2 Å². The highest BCUT2D eigenvalue weighted by molar-refractivity contribution is 6.37. The lowest BCUT2D eigenvalue weighted by Crippen LogP contribution is -2.05. The third-order valence-electron chi connectivity index (χ3n) is 1.10. The first-order valence-electron chi connectivity index (χ1n) is 2.68. The van der Waals surface area contributed by atoms with Gasteiger partial charge < -0.3 is 4.98 Å². The molecule has 1 heterocycles. The zero-order valence-electron chi connectivity index (χ0n) is 5.23. The van der Waals surface area contributed by atoms with Crippen LogP contribution in [0.15, 0.2) is 10.9 Å². The van der Waals surface area contributed by atoms with Crippen molar-refractivity contribution in [2.24, 2.45) is 0 Å². The summed E-state index contributed by atoms with van der Waals surface area (Å²) in [6, 6.07) is 1.09. The molecule has 1 N–H and O–H groups in total. The van der Waals surface area contributed by atoms with Crippen LogP contribution in [0.1, 0.15) is 10.4 Å². The molecular formula is C6H3Cl2NO2. The topological polar surface area (TPSA) is 49.9 Å². The van der Waals surface area contributed by atoms with E-state index in [9.17, 15) is 9.59 Å². The number of H-pyrrole nitrogens is 1. The van der Waals surface area contributed by atoms with Gasteiger partial charge in [-0.05, 0) is 0 Å². The lowest BCUT2D eigenvalue weighted by Gasteiger charge is -1.95. The van der Waals surface area contributed by atoms with Crippen LogP contribution in [0.3, 0.4) is 0 Å². The second kappa shape index (κ2) is 3.07. The monoisotopic (exact) mass is 191 g/mol. The fraction of sp³-hybridized carbons (Fsp3) is 0. The first kappa shape index (κ1) is 8.30. The van der Waals surface area contributed by atoms with Gasteiger partial charge in [-0.3, -0.25) is 9.59 Å². The van der Waals surface area contributed by atoms with Gasteiger partial charge in [0.05, 0.1) is 10.6 Å². The van der Waals surface area contributed by atoms with Crippen molar-refractivity contribution in [1.29, 1.82) is 0 Å². The SMILES string of the molecule is O=Cc1c(Cl)cc(=O)[nH]c1Cl. The van der Waals surface area contributed by atoms with Crippen molar-refractivity contribution in [3.05, 3.63) is 32.2 Å². The number of aromatic amines is 1. The molecule has 0 fully saturated rings. The van der Waals surface area contributed by atoms with Gasteiger partial charge in [-0.25, -0.2) is 0 Å². The second-order valence-corrected chi connectivity index (χ2v) is 2.61. The van der Waals surface area contributed by atoms with Crippen molar-refractivity contribution < 1.29 is 4.79 Å². The number of aldehydes is 1. The minimum Gasteiger partial charge on any atom is -0.312 e. The van der Waals surface area contributed by atoms with E-state index in [0.717, 1.165) is 6.07 Å². The highest BCUT2D eigenvalue weighted by Gasteiger charge is 2.04. The molecule has 0 spiro atoms. The van der Waals surface area contributed by atoms with E-state index >= 15 is 0 Å². The molecule has 1 aromatic heterocycles. The Morgan fingerprint density at radius 2 is 2.09 bits per heavy atom. The summed E-state index contributed by atoms with van der Waals surface area (Å²) in [4.78, 5) is 23.1. The van der Waals surface area contributed by atoms with Gasteiger partial charge in [0.2, 0.25) is 0 Å². The van der Waals surface area contributed by atoms with Crippen LogP contribution in [0.25, 0.3) is 0 Å². The van der Waals surface area contributed by atoms with Crippen molar-refractivity contribution >= 4 is 29.5 Å². The van der Waals surface area contributed by atoms with Gasteiger partial charge in [-0.1, -0.05) is 23.2 Å². The number of pyridine rings is 1. The van der Waals surface area contributed by atoms with Crippen molar-refractivity contribution in [1.82, 2.24) is 4.98 Å². The molecule has 0 saturated carbocycles. The minimum atomic E-state index is -0.425. The van der Waals surface area contributed by atoms with Crippen LogP contribution in [-0.4, -0.2) is 11.3 Å². The molecular weight excluding hydrogens is 189 g/mol. The van der Waals surface area contributed by atoms with Crippen LogP contribution in [0.5, 0.6) is 0 Å². The summed E-state index contributed by atoms with van der Waals surface area (Å²) in [7, 11) is 0. The first-order valence-corrected chi connectivity index (χ1v) is 3.44. The van der Waals surface area contributed by atoms with E-state index in [1.165, 1.54) is 0 Å². The average Bonchev–Trinajstić information content (AvgIpc) is 1.85. The molecule has 0 saturated heterocycles. The Labute approximate surface area is 71.9 Å². The fourth-order valence-corrected chi connectivity index (χ4v) is 1.14. The highest BCUT2D eigenvalue weighted by atomic mass is 35.5. The molecule has 0 bridgehead atoms. The highest BCUT2D eigenvalue weighted by Crippen LogP contribution is 2.17. The average molecular weight is 192 g/mol. The van der Waals surface area contributed by atoms with E-state index in [0.29, 0.717) is 6.29 Å². The Morgan fingerprint density at radius 1 is 1.45 bits per heavy atom. The quantitative estimate of drug-likeness (QED) is 0.541. The van der Waals surface area contributed by atoms with E-state index in [-0.39, 0.29) is 15.7 Å². The lowest BCUT2D eigenvalue weighted by molar-refractivity contribution is 0.112. The molecule has 0 aliphatic rings. The predicted molar refractivity (Wildman–Crippen MR) is 42.5 cm³/mol. The van der Waals surface area contributed by atoms with Crippen LogP contribution in [0, 0.1) is 0 Å². The Hall–Kier alpha value is -0.800. The number of hydrogen-bond acceptors (Lipinski definition) is 2. The molecule has 0 aliphatic heterocycles. The summed E-state index contributed by atoms with van der Waals surface area (Å²) < 4.78 is 0. The maximum atomic E-state index is 10.6. The standard InChI is InChI=1S/C6H3Cl2NO2/c7-4-1-5(11)9-6(8)3(4)2-10/h1-2H,(H,9,11). The summed E-state index contributed by atoms with van der Waals surface area (Å²) in [5, 5.41) is 0.0336. The molecule has 58 valence electrons. The summed E-state index contributed by atoms with van der Waals surface area (Å²) in [5.41, 5.74) is -0.321. The van der Waals surface area contributed by atoms with Gasteiger partial charge in [-0.2, -0.15) is 0 Å². The van der Waals surface area contributed by atoms with Crippen LogP contribution in [0.2, 0.25) is 10.2 Å². The molecule has 5 heteroatoms. The molecule has 1 aromatic rings. The van der Waals surface area contributed by atoms with Crippen LogP contribution in [0.4, 0.5) is 0 Å². The van der Waals surface area contributed by atoms with Gasteiger partial charge >= 0.3 is 0 Å². The fourth-order valence-electron chi connectivity index (χ4n) is 0.617. The number of halogens is 2. The largest absolute Gasteiger partial charge is 0.312 e.